The topological polar surface area (TPSA) is 68.1 Å². The Balaban J connectivity index is 1.78. The van der Waals surface area contributed by atoms with Gasteiger partial charge >= 0.3 is 0 Å². The van der Waals surface area contributed by atoms with Crippen LogP contribution in [0.25, 0.3) is 11.3 Å². The minimum atomic E-state index is -0.426. The van der Waals surface area contributed by atoms with E-state index in [9.17, 15) is 10.1 Å². The molecule has 7 heteroatoms. The number of halogens is 1. The minimum Gasteiger partial charge on any atom is -0.332 e. The predicted molar refractivity (Wildman–Crippen MR) is 88.9 cm³/mol. The number of rotatable bonds is 4. The maximum atomic E-state index is 10.6. The average Bonchev–Trinajstić information content (AvgIpc) is 2.96. The molecule has 0 aliphatic carbocycles. The van der Waals surface area contributed by atoms with Crippen molar-refractivity contribution in [1.29, 1.82) is 0 Å². The highest BCUT2D eigenvalue weighted by Crippen LogP contribution is 2.28. The number of benzene rings is 2. The highest BCUT2D eigenvalue weighted by molar-refractivity contribution is 7.14. The van der Waals surface area contributed by atoms with Crippen LogP contribution >= 0.6 is 22.9 Å². The Bertz CT molecular complexity index is 818. The van der Waals surface area contributed by atoms with E-state index in [2.05, 4.69) is 10.3 Å². The Morgan fingerprint density at radius 3 is 2.64 bits per heavy atom. The molecule has 0 fully saturated rings. The maximum absolute atomic E-state index is 10.6. The number of nitrogens with zero attached hydrogens (tertiary/aromatic N) is 2. The van der Waals surface area contributed by atoms with Crippen molar-refractivity contribution in [3.8, 4) is 11.3 Å². The van der Waals surface area contributed by atoms with Crippen molar-refractivity contribution < 1.29 is 4.92 Å². The fourth-order valence-corrected chi connectivity index (χ4v) is 2.83. The quantitative estimate of drug-likeness (QED) is 0.532. The molecule has 2 aromatic carbocycles. The number of nitro groups is 1. The van der Waals surface area contributed by atoms with Crippen molar-refractivity contribution in [3.63, 3.8) is 0 Å². The van der Waals surface area contributed by atoms with E-state index < -0.39 is 4.92 Å². The van der Waals surface area contributed by atoms with E-state index in [1.54, 1.807) is 12.1 Å². The molecule has 0 aliphatic rings. The minimum absolute atomic E-state index is 0.0595. The Kier molecular flexibility index (Phi) is 4.04. The number of non-ortho nitro benzene ring substituents is 1. The molecule has 0 atom stereocenters. The molecule has 0 aliphatic heterocycles. The highest BCUT2D eigenvalue weighted by atomic mass is 35.5. The molecule has 0 saturated heterocycles. The number of hydrogen-bond acceptors (Lipinski definition) is 5. The van der Waals surface area contributed by atoms with Crippen molar-refractivity contribution in [2.24, 2.45) is 0 Å². The third-order valence-corrected chi connectivity index (χ3v) is 3.95. The lowest BCUT2D eigenvalue weighted by Crippen LogP contribution is -1.91. The van der Waals surface area contributed by atoms with Crippen LogP contribution in [0.1, 0.15) is 0 Å². The monoisotopic (exact) mass is 331 g/mol. The first-order chi connectivity index (χ1) is 10.6. The van der Waals surface area contributed by atoms with Gasteiger partial charge in [0.2, 0.25) is 0 Å². The molecular weight excluding hydrogens is 322 g/mol. The molecule has 0 amide bonds. The van der Waals surface area contributed by atoms with Gasteiger partial charge in [-0.15, -0.1) is 11.3 Å². The van der Waals surface area contributed by atoms with Crippen molar-refractivity contribution in [2.45, 2.75) is 0 Å². The molecule has 0 saturated carbocycles. The molecule has 1 aromatic heterocycles. The fourth-order valence-electron chi connectivity index (χ4n) is 1.90. The third kappa shape index (κ3) is 3.24. The standard InChI is InChI=1S/C15H10ClN3O2S/c16-11-3-1-2-10(8-11)14-9-22-15(18-14)17-12-4-6-13(7-5-12)19(20)21/h1-9H,(H,17,18). The van der Waals surface area contributed by atoms with Crippen LogP contribution in [-0.2, 0) is 0 Å². The summed E-state index contributed by atoms with van der Waals surface area (Å²) in [6, 6.07) is 13.7. The number of anilines is 2. The van der Waals surface area contributed by atoms with Gasteiger partial charge < -0.3 is 5.32 Å². The van der Waals surface area contributed by atoms with E-state index in [4.69, 9.17) is 11.6 Å². The first-order valence-electron chi connectivity index (χ1n) is 6.35. The summed E-state index contributed by atoms with van der Waals surface area (Å²) in [4.78, 5) is 14.7. The summed E-state index contributed by atoms with van der Waals surface area (Å²) in [5.74, 6) is 0. The Labute approximate surface area is 135 Å². The molecule has 5 nitrogen and oxygen atoms in total. The first kappa shape index (κ1) is 14.5. The van der Waals surface area contributed by atoms with E-state index in [0.29, 0.717) is 10.2 Å². The van der Waals surface area contributed by atoms with Gasteiger partial charge in [-0.3, -0.25) is 10.1 Å². The van der Waals surface area contributed by atoms with Gasteiger partial charge in [0.25, 0.3) is 5.69 Å². The molecule has 0 bridgehead atoms. The summed E-state index contributed by atoms with van der Waals surface area (Å²) >= 11 is 7.43. The molecular formula is C15H10ClN3O2S. The molecule has 0 spiro atoms. The van der Waals surface area contributed by atoms with E-state index in [-0.39, 0.29) is 5.69 Å². The van der Waals surface area contributed by atoms with Crippen molar-refractivity contribution >= 4 is 39.4 Å². The molecule has 22 heavy (non-hydrogen) atoms. The van der Waals surface area contributed by atoms with Crippen LogP contribution in [0.15, 0.2) is 53.9 Å². The van der Waals surface area contributed by atoms with Crippen molar-refractivity contribution in [2.75, 3.05) is 5.32 Å². The number of nitro benzene ring substituents is 1. The lowest BCUT2D eigenvalue weighted by atomic mass is 10.2. The fraction of sp³-hybridized carbons (Fsp3) is 0. The van der Waals surface area contributed by atoms with Crippen molar-refractivity contribution in [3.05, 3.63) is 69.0 Å². The zero-order valence-electron chi connectivity index (χ0n) is 11.2. The second-order valence-electron chi connectivity index (χ2n) is 4.48. The van der Waals surface area contributed by atoms with E-state index in [1.807, 2.05) is 29.6 Å². The van der Waals surface area contributed by atoms with Gasteiger partial charge in [-0.2, -0.15) is 0 Å². The number of aromatic nitrogens is 1. The van der Waals surface area contributed by atoms with Gasteiger partial charge in [-0.1, -0.05) is 23.7 Å². The summed E-state index contributed by atoms with van der Waals surface area (Å²) in [7, 11) is 0. The number of thiazole rings is 1. The molecule has 3 rings (SSSR count). The van der Waals surface area contributed by atoms with Crippen LogP contribution < -0.4 is 5.32 Å². The number of hydrogen-bond donors (Lipinski definition) is 1. The van der Waals surface area contributed by atoms with Crippen molar-refractivity contribution in [1.82, 2.24) is 4.98 Å². The van der Waals surface area contributed by atoms with Crippen LogP contribution in [-0.4, -0.2) is 9.91 Å². The average molecular weight is 332 g/mol. The first-order valence-corrected chi connectivity index (χ1v) is 7.60. The van der Waals surface area contributed by atoms with Gasteiger partial charge in [0.1, 0.15) is 0 Å². The van der Waals surface area contributed by atoms with E-state index in [1.165, 1.54) is 23.5 Å². The second kappa shape index (κ2) is 6.13. The molecule has 0 unspecified atom stereocenters. The summed E-state index contributed by atoms with van der Waals surface area (Å²) in [6.07, 6.45) is 0. The van der Waals surface area contributed by atoms with Crippen LogP contribution in [0, 0.1) is 10.1 Å². The Morgan fingerprint density at radius 1 is 1.18 bits per heavy atom. The van der Waals surface area contributed by atoms with Gasteiger partial charge in [-0.25, -0.2) is 4.98 Å². The SMILES string of the molecule is O=[N+]([O-])c1ccc(Nc2nc(-c3cccc(Cl)c3)cs2)cc1. The molecule has 3 aromatic rings. The molecule has 110 valence electrons. The molecule has 1 heterocycles. The highest BCUT2D eigenvalue weighted by Gasteiger charge is 2.07. The Hall–Kier alpha value is -2.44. The summed E-state index contributed by atoms with van der Waals surface area (Å²) in [5.41, 5.74) is 2.58. The van der Waals surface area contributed by atoms with Crippen LogP contribution in [0.2, 0.25) is 5.02 Å². The lowest BCUT2D eigenvalue weighted by Gasteiger charge is -2.01. The van der Waals surface area contributed by atoms with Crippen LogP contribution in [0.4, 0.5) is 16.5 Å². The van der Waals surface area contributed by atoms with Gasteiger partial charge in [0.15, 0.2) is 5.13 Å². The summed E-state index contributed by atoms with van der Waals surface area (Å²) < 4.78 is 0. The smallest absolute Gasteiger partial charge is 0.269 e. The maximum Gasteiger partial charge on any atom is 0.269 e. The van der Waals surface area contributed by atoms with E-state index >= 15 is 0 Å². The lowest BCUT2D eigenvalue weighted by molar-refractivity contribution is -0.384. The zero-order valence-corrected chi connectivity index (χ0v) is 12.8. The predicted octanol–water partition coefficient (Wildman–Crippen LogP) is 5.12. The number of nitrogens with one attached hydrogen (secondary N) is 1. The van der Waals surface area contributed by atoms with Gasteiger partial charge in [0, 0.05) is 33.8 Å². The van der Waals surface area contributed by atoms with Crippen LogP contribution in [0.5, 0.6) is 0 Å². The summed E-state index contributed by atoms with van der Waals surface area (Å²) in [6.45, 7) is 0. The summed E-state index contributed by atoms with van der Waals surface area (Å²) in [5, 5.41) is 17.1. The second-order valence-corrected chi connectivity index (χ2v) is 5.77. The largest absolute Gasteiger partial charge is 0.332 e. The molecule has 1 N–H and O–H groups in total. The normalized spacial score (nSPS) is 10.4. The van der Waals surface area contributed by atoms with Gasteiger partial charge in [-0.05, 0) is 24.3 Å². The van der Waals surface area contributed by atoms with E-state index in [0.717, 1.165) is 16.9 Å². The van der Waals surface area contributed by atoms with Gasteiger partial charge in [0.05, 0.1) is 10.6 Å². The molecule has 0 radical (unpaired) electrons. The third-order valence-electron chi connectivity index (χ3n) is 2.95. The van der Waals surface area contributed by atoms with Crippen LogP contribution in [0.3, 0.4) is 0 Å². The zero-order chi connectivity index (χ0) is 15.5. The Morgan fingerprint density at radius 2 is 1.95 bits per heavy atom.